The van der Waals surface area contributed by atoms with Gasteiger partial charge in [0.15, 0.2) is 5.82 Å². The third kappa shape index (κ3) is 1.43. The second kappa shape index (κ2) is 3.73. The van der Waals surface area contributed by atoms with E-state index < -0.39 is 0 Å². The zero-order valence-corrected chi connectivity index (χ0v) is 9.43. The van der Waals surface area contributed by atoms with Gasteiger partial charge in [0.1, 0.15) is 5.82 Å². The molecule has 0 saturated carbocycles. The summed E-state index contributed by atoms with van der Waals surface area (Å²) in [6.07, 6.45) is 7.56. The highest BCUT2D eigenvalue weighted by molar-refractivity contribution is 5.63. The molecule has 3 heterocycles. The van der Waals surface area contributed by atoms with Crippen molar-refractivity contribution in [3.05, 3.63) is 18.2 Å². The molecule has 0 aliphatic carbocycles. The van der Waals surface area contributed by atoms with Crippen LogP contribution in [-0.4, -0.2) is 32.7 Å². The summed E-state index contributed by atoms with van der Waals surface area (Å²) in [5.41, 5.74) is 0.877. The molecule has 2 aromatic heterocycles. The maximum atomic E-state index is 4.45. The lowest BCUT2D eigenvalue weighted by Gasteiger charge is -2.27. The molecule has 0 radical (unpaired) electrons. The molecule has 2 aromatic rings. The first kappa shape index (κ1) is 9.57. The molecule has 3 rings (SSSR count). The van der Waals surface area contributed by atoms with Crippen LogP contribution >= 0.6 is 0 Å². The molecule has 0 N–H and O–H groups in total. The summed E-state index contributed by atoms with van der Waals surface area (Å²) in [5, 5.41) is 8.30. The molecule has 0 bridgehead atoms. The minimum atomic E-state index is 0.877. The Hall–Kier alpha value is -1.65. The van der Waals surface area contributed by atoms with Gasteiger partial charge in [-0.1, -0.05) is 0 Å². The fraction of sp³-hybridized carbons (Fsp3) is 0.545. The van der Waals surface area contributed by atoms with E-state index in [0.29, 0.717) is 0 Å². The van der Waals surface area contributed by atoms with Gasteiger partial charge in [-0.25, -0.2) is 4.98 Å². The van der Waals surface area contributed by atoms with Crippen LogP contribution in [0.4, 0.5) is 5.82 Å². The lowest BCUT2D eigenvalue weighted by molar-refractivity contribution is 0.573. The summed E-state index contributed by atoms with van der Waals surface area (Å²) < 4.78 is 2.00. The second-order valence-corrected chi connectivity index (χ2v) is 4.24. The molecule has 0 aromatic carbocycles. The van der Waals surface area contributed by atoms with Crippen molar-refractivity contribution in [2.24, 2.45) is 0 Å². The quantitative estimate of drug-likeness (QED) is 0.724. The molecular formula is C11H15N5. The van der Waals surface area contributed by atoms with Crippen LogP contribution in [0, 0.1) is 6.92 Å². The van der Waals surface area contributed by atoms with E-state index in [1.807, 2.05) is 23.7 Å². The van der Waals surface area contributed by atoms with Crippen LogP contribution < -0.4 is 4.90 Å². The number of anilines is 1. The van der Waals surface area contributed by atoms with Gasteiger partial charge in [0, 0.05) is 25.5 Å². The van der Waals surface area contributed by atoms with Crippen LogP contribution in [0.3, 0.4) is 0 Å². The summed E-state index contributed by atoms with van der Waals surface area (Å²) in [6.45, 7) is 4.12. The molecule has 84 valence electrons. The largest absolute Gasteiger partial charge is 0.353 e. The smallest absolute Gasteiger partial charge is 0.203 e. The molecule has 1 aliphatic heterocycles. The van der Waals surface area contributed by atoms with Gasteiger partial charge in [0.2, 0.25) is 5.65 Å². The van der Waals surface area contributed by atoms with Gasteiger partial charge in [-0.3, -0.25) is 4.40 Å². The number of hydrogen-bond donors (Lipinski definition) is 0. The standard InChI is InChI=1S/C11H15N5/c1-9-13-14-11-10(12-5-8-16(9)11)15-6-3-2-4-7-15/h5,8H,2-4,6-7H2,1H3. The first-order valence-electron chi connectivity index (χ1n) is 5.77. The Balaban J connectivity index is 2.08. The molecule has 1 saturated heterocycles. The van der Waals surface area contributed by atoms with E-state index in [2.05, 4.69) is 20.1 Å². The van der Waals surface area contributed by atoms with Crippen molar-refractivity contribution >= 4 is 11.5 Å². The Morgan fingerprint density at radius 2 is 1.94 bits per heavy atom. The Bertz CT molecular complexity index is 498. The number of nitrogens with zero attached hydrogens (tertiary/aromatic N) is 5. The van der Waals surface area contributed by atoms with E-state index in [1.54, 1.807) is 0 Å². The minimum absolute atomic E-state index is 0.877. The molecule has 16 heavy (non-hydrogen) atoms. The Morgan fingerprint density at radius 1 is 1.12 bits per heavy atom. The SMILES string of the molecule is Cc1nnc2c(N3CCCCC3)nccn12. The second-order valence-electron chi connectivity index (χ2n) is 4.24. The molecule has 0 atom stereocenters. The van der Waals surface area contributed by atoms with Crippen molar-refractivity contribution in [1.29, 1.82) is 0 Å². The summed E-state index contributed by atoms with van der Waals surface area (Å²) >= 11 is 0. The average molecular weight is 217 g/mol. The topological polar surface area (TPSA) is 46.3 Å². The monoisotopic (exact) mass is 217 g/mol. The van der Waals surface area contributed by atoms with Gasteiger partial charge in [-0.15, -0.1) is 10.2 Å². The molecule has 0 spiro atoms. The maximum Gasteiger partial charge on any atom is 0.203 e. The molecule has 0 amide bonds. The van der Waals surface area contributed by atoms with Crippen molar-refractivity contribution < 1.29 is 0 Å². The van der Waals surface area contributed by atoms with Gasteiger partial charge in [-0.2, -0.15) is 0 Å². The number of aryl methyl sites for hydroxylation is 1. The lowest BCUT2D eigenvalue weighted by atomic mass is 10.1. The first-order valence-corrected chi connectivity index (χ1v) is 5.77. The number of rotatable bonds is 1. The molecule has 0 unspecified atom stereocenters. The third-order valence-corrected chi connectivity index (χ3v) is 3.13. The van der Waals surface area contributed by atoms with Gasteiger partial charge in [0.25, 0.3) is 0 Å². The van der Waals surface area contributed by atoms with Gasteiger partial charge < -0.3 is 4.90 Å². The Labute approximate surface area is 94.1 Å². The number of hydrogen-bond acceptors (Lipinski definition) is 4. The zero-order valence-electron chi connectivity index (χ0n) is 9.43. The fourth-order valence-electron chi connectivity index (χ4n) is 2.26. The van der Waals surface area contributed by atoms with Crippen molar-refractivity contribution in [3.8, 4) is 0 Å². The summed E-state index contributed by atoms with van der Waals surface area (Å²) in [6, 6.07) is 0. The van der Waals surface area contributed by atoms with Crippen molar-refractivity contribution in [3.63, 3.8) is 0 Å². The predicted octanol–water partition coefficient (Wildman–Crippen LogP) is 1.42. The van der Waals surface area contributed by atoms with Crippen LogP contribution in [0.1, 0.15) is 25.1 Å². The normalized spacial score (nSPS) is 16.9. The van der Waals surface area contributed by atoms with E-state index in [4.69, 9.17) is 0 Å². The van der Waals surface area contributed by atoms with E-state index >= 15 is 0 Å². The molecule has 5 heteroatoms. The average Bonchev–Trinajstić information content (AvgIpc) is 2.73. The highest BCUT2D eigenvalue weighted by Crippen LogP contribution is 2.21. The fourth-order valence-corrected chi connectivity index (χ4v) is 2.26. The molecular weight excluding hydrogens is 202 g/mol. The lowest BCUT2D eigenvalue weighted by Crippen LogP contribution is -2.30. The minimum Gasteiger partial charge on any atom is -0.353 e. The summed E-state index contributed by atoms with van der Waals surface area (Å²) in [5.74, 6) is 1.89. The van der Waals surface area contributed by atoms with E-state index in [-0.39, 0.29) is 0 Å². The molecule has 5 nitrogen and oxygen atoms in total. The van der Waals surface area contributed by atoms with Crippen LogP contribution in [0.2, 0.25) is 0 Å². The van der Waals surface area contributed by atoms with Crippen LogP contribution in [0.5, 0.6) is 0 Å². The number of piperidine rings is 1. The molecule has 1 aliphatic rings. The van der Waals surface area contributed by atoms with E-state index in [0.717, 1.165) is 30.4 Å². The van der Waals surface area contributed by atoms with Crippen LogP contribution in [0.15, 0.2) is 12.4 Å². The van der Waals surface area contributed by atoms with E-state index in [9.17, 15) is 0 Å². The Morgan fingerprint density at radius 3 is 2.75 bits per heavy atom. The van der Waals surface area contributed by atoms with Crippen molar-refractivity contribution in [1.82, 2.24) is 19.6 Å². The highest BCUT2D eigenvalue weighted by atomic mass is 15.3. The van der Waals surface area contributed by atoms with Crippen LogP contribution in [0.25, 0.3) is 5.65 Å². The highest BCUT2D eigenvalue weighted by Gasteiger charge is 2.16. The number of aromatic nitrogens is 4. The summed E-state index contributed by atoms with van der Waals surface area (Å²) in [7, 11) is 0. The zero-order chi connectivity index (χ0) is 11.0. The van der Waals surface area contributed by atoms with Gasteiger partial charge >= 0.3 is 0 Å². The molecule has 1 fully saturated rings. The third-order valence-electron chi connectivity index (χ3n) is 3.13. The number of fused-ring (bicyclic) bond motifs is 1. The van der Waals surface area contributed by atoms with Crippen molar-refractivity contribution in [2.45, 2.75) is 26.2 Å². The van der Waals surface area contributed by atoms with E-state index in [1.165, 1.54) is 19.3 Å². The van der Waals surface area contributed by atoms with Gasteiger partial charge in [-0.05, 0) is 26.2 Å². The predicted molar refractivity (Wildman–Crippen MR) is 61.6 cm³/mol. The van der Waals surface area contributed by atoms with Crippen LogP contribution in [-0.2, 0) is 0 Å². The van der Waals surface area contributed by atoms with Gasteiger partial charge in [0.05, 0.1) is 0 Å². The first-order chi connectivity index (χ1) is 7.86. The summed E-state index contributed by atoms with van der Waals surface area (Å²) in [4.78, 5) is 6.76. The Kier molecular flexibility index (Phi) is 2.23. The maximum absolute atomic E-state index is 4.45. The van der Waals surface area contributed by atoms with Crippen molar-refractivity contribution in [2.75, 3.05) is 18.0 Å².